The van der Waals surface area contributed by atoms with E-state index in [0.717, 1.165) is 31.8 Å². The summed E-state index contributed by atoms with van der Waals surface area (Å²) in [6.45, 7) is 11.4. The maximum atomic E-state index is 12.7. The lowest BCUT2D eigenvalue weighted by Crippen LogP contribution is -2.46. The van der Waals surface area contributed by atoms with E-state index in [1.807, 2.05) is 31.2 Å². The summed E-state index contributed by atoms with van der Waals surface area (Å²) in [7, 11) is 0. The molecule has 1 aromatic rings. The summed E-state index contributed by atoms with van der Waals surface area (Å²) in [5.41, 5.74) is 0.694. The molecule has 0 heterocycles. The van der Waals surface area contributed by atoms with Crippen molar-refractivity contribution in [1.29, 1.82) is 0 Å². The molecule has 27 heavy (non-hydrogen) atoms. The molecule has 0 saturated heterocycles. The quantitative estimate of drug-likeness (QED) is 0.598. The van der Waals surface area contributed by atoms with Crippen LogP contribution in [0.1, 0.15) is 56.8 Å². The van der Waals surface area contributed by atoms with Gasteiger partial charge < -0.3 is 19.7 Å². The molecule has 0 unspecified atom stereocenters. The lowest BCUT2D eigenvalue weighted by molar-refractivity contribution is 0.0888. The average molecular weight is 377 g/mol. The predicted octanol–water partition coefficient (Wildman–Crippen LogP) is 3.73. The zero-order chi connectivity index (χ0) is 19.5. The van der Waals surface area contributed by atoms with E-state index in [4.69, 9.17) is 9.47 Å². The molecular formula is C22H36N2O3. The second-order valence-corrected chi connectivity index (χ2v) is 7.18. The fourth-order valence-electron chi connectivity index (χ4n) is 3.75. The molecule has 1 saturated carbocycles. The highest BCUT2D eigenvalue weighted by Gasteiger charge is 2.27. The zero-order valence-corrected chi connectivity index (χ0v) is 17.2. The number of hydrogen-bond acceptors (Lipinski definition) is 4. The molecule has 5 heteroatoms. The molecule has 1 aromatic carbocycles. The number of amides is 1. The van der Waals surface area contributed by atoms with Crippen LogP contribution in [0.5, 0.6) is 5.75 Å². The number of hydrogen-bond donors (Lipinski definition) is 1. The minimum atomic E-state index is 0.0207. The Kier molecular flexibility index (Phi) is 9.64. The van der Waals surface area contributed by atoms with Gasteiger partial charge >= 0.3 is 0 Å². The molecule has 0 radical (unpaired) electrons. The summed E-state index contributed by atoms with van der Waals surface area (Å²) < 4.78 is 10.9. The van der Waals surface area contributed by atoms with Gasteiger partial charge in [-0.1, -0.05) is 26.7 Å². The highest BCUT2D eigenvalue weighted by Crippen LogP contribution is 2.26. The molecular weight excluding hydrogens is 340 g/mol. The Morgan fingerprint density at radius 3 is 2.44 bits per heavy atom. The molecule has 1 amide bonds. The van der Waals surface area contributed by atoms with Gasteiger partial charge in [0.25, 0.3) is 5.91 Å². The number of nitrogens with one attached hydrogen (secondary N) is 1. The van der Waals surface area contributed by atoms with Gasteiger partial charge in [-0.2, -0.15) is 0 Å². The van der Waals surface area contributed by atoms with Crippen LogP contribution < -0.4 is 10.1 Å². The molecule has 1 fully saturated rings. The molecule has 0 spiro atoms. The van der Waals surface area contributed by atoms with Gasteiger partial charge in [0.15, 0.2) is 0 Å². The lowest BCUT2D eigenvalue weighted by Gasteiger charge is -2.35. The van der Waals surface area contributed by atoms with Crippen molar-refractivity contribution in [3.63, 3.8) is 0 Å². The summed E-state index contributed by atoms with van der Waals surface area (Å²) >= 11 is 0. The number of benzene rings is 1. The Hall–Kier alpha value is -1.59. The van der Waals surface area contributed by atoms with Crippen LogP contribution in [0.25, 0.3) is 0 Å². The zero-order valence-electron chi connectivity index (χ0n) is 17.2. The van der Waals surface area contributed by atoms with Crippen molar-refractivity contribution in [3.8, 4) is 5.75 Å². The van der Waals surface area contributed by atoms with E-state index in [1.165, 1.54) is 19.3 Å². The van der Waals surface area contributed by atoms with Gasteiger partial charge in [0.05, 0.1) is 6.61 Å². The monoisotopic (exact) mass is 376 g/mol. The summed E-state index contributed by atoms with van der Waals surface area (Å²) in [5.74, 6) is 1.33. The van der Waals surface area contributed by atoms with Gasteiger partial charge in [0.1, 0.15) is 12.4 Å². The second-order valence-electron chi connectivity index (χ2n) is 7.18. The maximum Gasteiger partial charge on any atom is 0.251 e. The van der Waals surface area contributed by atoms with Gasteiger partial charge in [0, 0.05) is 24.8 Å². The molecule has 1 aliphatic rings. The molecule has 0 bridgehead atoms. The van der Waals surface area contributed by atoms with Crippen LogP contribution >= 0.6 is 0 Å². The van der Waals surface area contributed by atoms with Crippen molar-refractivity contribution in [2.75, 3.05) is 39.5 Å². The van der Waals surface area contributed by atoms with E-state index in [2.05, 4.69) is 24.1 Å². The molecule has 1 aliphatic carbocycles. The third-order valence-electron chi connectivity index (χ3n) is 5.43. The third-order valence-corrected chi connectivity index (χ3v) is 5.43. The molecule has 1 N–H and O–H groups in total. The molecule has 0 aromatic heterocycles. The summed E-state index contributed by atoms with van der Waals surface area (Å²) in [4.78, 5) is 15.2. The van der Waals surface area contributed by atoms with Gasteiger partial charge in [0.2, 0.25) is 0 Å². The molecule has 5 nitrogen and oxygen atoms in total. The van der Waals surface area contributed by atoms with Crippen LogP contribution in [0.15, 0.2) is 24.3 Å². The molecule has 2 rings (SSSR count). The van der Waals surface area contributed by atoms with E-state index < -0.39 is 0 Å². The fraction of sp³-hybridized carbons (Fsp3) is 0.682. The van der Waals surface area contributed by atoms with Crippen LogP contribution in [0.2, 0.25) is 0 Å². The number of carbonyl (C=O) groups is 1. The first-order valence-corrected chi connectivity index (χ1v) is 10.5. The Labute approximate surface area is 164 Å². The lowest BCUT2D eigenvalue weighted by atomic mass is 9.84. The van der Waals surface area contributed by atoms with E-state index in [0.29, 0.717) is 31.3 Å². The van der Waals surface area contributed by atoms with Gasteiger partial charge in [-0.15, -0.1) is 0 Å². The Balaban J connectivity index is 1.88. The minimum Gasteiger partial charge on any atom is -0.491 e. The molecule has 2 atom stereocenters. The maximum absolute atomic E-state index is 12.7. The van der Waals surface area contributed by atoms with Crippen LogP contribution in [-0.4, -0.2) is 56.3 Å². The van der Waals surface area contributed by atoms with Crippen LogP contribution in [0.4, 0.5) is 0 Å². The Morgan fingerprint density at radius 2 is 1.78 bits per heavy atom. The smallest absolute Gasteiger partial charge is 0.251 e. The van der Waals surface area contributed by atoms with Crippen molar-refractivity contribution in [2.24, 2.45) is 5.92 Å². The van der Waals surface area contributed by atoms with Crippen LogP contribution in [0, 0.1) is 5.92 Å². The van der Waals surface area contributed by atoms with E-state index >= 15 is 0 Å². The standard InChI is InChI=1S/C22H36N2O3/c1-4-24(5-2)17-19-9-7-8-10-21(19)23-22(25)18-11-13-20(14-12-18)27-16-15-26-6-3/h11-14,19,21H,4-10,15-17H2,1-3H3,(H,23,25)/t19-,21+/m0/s1. The number of rotatable bonds is 11. The second kappa shape index (κ2) is 12.0. The van der Waals surface area contributed by atoms with E-state index in [9.17, 15) is 4.79 Å². The predicted molar refractivity (Wildman–Crippen MR) is 109 cm³/mol. The first-order valence-electron chi connectivity index (χ1n) is 10.5. The third kappa shape index (κ3) is 7.15. The summed E-state index contributed by atoms with van der Waals surface area (Å²) in [6, 6.07) is 7.67. The minimum absolute atomic E-state index is 0.0207. The van der Waals surface area contributed by atoms with Crippen molar-refractivity contribution in [3.05, 3.63) is 29.8 Å². The van der Waals surface area contributed by atoms with Gasteiger partial charge in [-0.05, 0) is 63.0 Å². The SMILES string of the molecule is CCOCCOc1ccc(C(=O)N[C@@H]2CCCC[C@H]2CN(CC)CC)cc1. The van der Waals surface area contributed by atoms with Crippen LogP contribution in [0.3, 0.4) is 0 Å². The van der Waals surface area contributed by atoms with Crippen molar-refractivity contribution in [2.45, 2.75) is 52.5 Å². The van der Waals surface area contributed by atoms with Crippen molar-refractivity contribution >= 4 is 5.91 Å². The fourth-order valence-corrected chi connectivity index (χ4v) is 3.75. The van der Waals surface area contributed by atoms with Gasteiger partial charge in [-0.25, -0.2) is 0 Å². The largest absolute Gasteiger partial charge is 0.491 e. The normalized spacial score (nSPS) is 19.9. The topological polar surface area (TPSA) is 50.8 Å². The van der Waals surface area contributed by atoms with Crippen molar-refractivity contribution in [1.82, 2.24) is 10.2 Å². The average Bonchev–Trinajstić information content (AvgIpc) is 2.71. The molecule has 0 aliphatic heterocycles. The number of ether oxygens (including phenoxy) is 2. The molecule has 152 valence electrons. The van der Waals surface area contributed by atoms with E-state index in [-0.39, 0.29) is 11.9 Å². The highest BCUT2D eigenvalue weighted by molar-refractivity contribution is 5.94. The highest BCUT2D eigenvalue weighted by atomic mass is 16.5. The summed E-state index contributed by atoms with van der Waals surface area (Å²) in [6.07, 6.45) is 4.75. The summed E-state index contributed by atoms with van der Waals surface area (Å²) in [5, 5.41) is 3.29. The van der Waals surface area contributed by atoms with Crippen molar-refractivity contribution < 1.29 is 14.3 Å². The van der Waals surface area contributed by atoms with Gasteiger partial charge in [-0.3, -0.25) is 4.79 Å². The van der Waals surface area contributed by atoms with Crippen LogP contribution in [-0.2, 0) is 4.74 Å². The Bertz CT molecular complexity index is 543. The number of nitrogens with zero attached hydrogens (tertiary/aromatic N) is 1. The van der Waals surface area contributed by atoms with E-state index in [1.54, 1.807) is 0 Å². The Morgan fingerprint density at radius 1 is 1.07 bits per heavy atom. The number of carbonyl (C=O) groups excluding carboxylic acids is 1. The first-order chi connectivity index (χ1) is 13.2. The first kappa shape index (κ1) is 21.7.